The minimum atomic E-state index is -0.875. The highest BCUT2D eigenvalue weighted by Crippen LogP contribution is 2.37. The molecule has 6 heteroatoms. The molecule has 3 nitrogen and oxygen atoms in total. The van der Waals surface area contributed by atoms with Gasteiger partial charge in [-0.1, -0.05) is 0 Å². The lowest BCUT2D eigenvalue weighted by Crippen LogP contribution is -2.41. The quantitative estimate of drug-likeness (QED) is 0.799. The summed E-state index contributed by atoms with van der Waals surface area (Å²) in [6.45, 7) is 9.52. The molecule has 0 saturated carbocycles. The second-order valence-electron chi connectivity index (χ2n) is 5.83. The minimum absolute atomic E-state index is 0.00128. The van der Waals surface area contributed by atoms with E-state index < -0.39 is 30.0 Å². The lowest BCUT2D eigenvalue weighted by molar-refractivity contribution is 0.00578. The first-order chi connectivity index (χ1) is 9.18. The molecule has 2 rings (SSSR count). The average Bonchev–Trinajstić information content (AvgIpc) is 2.52. The van der Waals surface area contributed by atoms with Crippen LogP contribution in [0.4, 0.5) is 8.78 Å². The van der Waals surface area contributed by atoms with Crippen molar-refractivity contribution in [2.75, 3.05) is 6.61 Å². The van der Waals surface area contributed by atoms with Gasteiger partial charge in [-0.05, 0) is 40.7 Å². The molecular weight excluding hydrogens is 265 g/mol. The number of halogens is 2. The summed E-state index contributed by atoms with van der Waals surface area (Å²) < 4.78 is 44.2. The Morgan fingerprint density at radius 3 is 2.10 bits per heavy atom. The molecule has 0 N–H and O–H groups in total. The first kappa shape index (κ1) is 15.3. The van der Waals surface area contributed by atoms with Crippen molar-refractivity contribution in [3.8, 4) is 5.75 Å². The van der Waals surface area contributed by atoms with Gasteiger partial charge in [0, 0.05) is 11.5 Å². The molecule has 0 aliphatic carbocycles. The zero-order valence-electron chi connectivity index (χ0n) is 12.4. The van der Waals surface area contributed by atoms with Crippen LogP contribution in [0.2, 0.25) is 0 Å². The van der Waals surface area contributed by atoms with Gasteiger partial charge in [0.1, 0.15) is 5.82 Å². The Kier molecular flexibility index (Phi) is 3.82. The van der Waals surface area contributed by atoms with Gasteiger partial charge >= 0.3 is 7.12 Å². The second-order valence-corrected chi connectivity index (χ2v) is 5.83. The highest BCUT2D eigenvalue weighted by Gasteiger charge is 2.52. The van der Waals surface area contributed by atoms with Crippen LogP contribution in [0.1, 0.15) is 34.6 Å². The van der Waals surface area contributed by atoms with Gasteiger partial charge in [0.25, 0.3) is 0 Å². The number of hydrogen-bond acceptors (Lipinski definition) is 3. The minimum Gasteiger partial charge on any atom is -0.491 e. The van der Waals surface area contributed by atoms with E-state index in [1.54, 1.807) is 6.92 Å². The average molecular weight is 284 g/mol. The first-order valence-electron chi connectivity index (χ1n) is 6.65. The summed E-state index contributed by atoms with van der Waals surface area (Å²) in [5.74, 6) is -1.44. The summed E-state index contributed by atoms with van der Waals surface area (Å²) in [5.41, 5.74) is -1.01. The van der Waals surface area contributed by atoms with Crippen LogP contribution in [0.3, 0.4) is 0 Å². The summed E-state index contributed by atoms with van der Waals surface area (Å²) in [6.07, 6.45) is 0. The Balaban J connectivity index is 2.37. The molecule has 0 radical (unpaired) electrons. The number of benzene rings is 1. The summed E-state index contributed by atoms with van der Waals surface area (Å²) >= 11 is 0. The third-order valence-corrected chi connectivity index (χ3v) is 3.86. The van der Waals surface area contributed by atoms with Crippen molar-refractivity contribution in [3.05, 3.63) is 23.8 Å². The molecule has 1 fully saturated rings. The fraction of sp³-hybridized carbons (Fsp3) is 0.571. The van der Waals surface area contributed by atoms with E-state index in [1.165, 1.54) is 6.07 Å². The molecule has 0 bridgehead atoms. The molecule has 0 unspecified atom stereocenters. The van der Waals surface area contributed by atoms with E-state index in [9.17, 15) is 8.78 Å². The Morgan fingerprint density at radius 1 is 1.05 bits per heavy atom. The Hall–Kier alpha value is -1.14. The Morgan fingerprint density at radius 2 is 1.60 bits per heavy atom. The van der Waals surface area contributed by atoms with E-state index in [0.717, 1.165) is 6.07 Å². The predicted molar refractivity (Wildman–Crippen MR) is 73.2 cm³/mol. The lowest BCUT2D eigenvalue weighted by atomic mass is 9.78. The molecule has 0 amide bonds. The van der Waals surface area contributed by atoms with Crippen LogP contribution in [0.5, 0.6) is 5.75 Å². The van der Waals surface area contributed by atoms with Crippen molar-refractivity contribution >= 4 is 12.6 Å². The molecule has 1 aliphatic heterocycles. The first-order valence-corrected chi connectivity index (χ1v) is 6.65. The fourth-order valence-electron chi connectivity index (χ4n) is 1.96. The standard InChI is InChI=1S/C14H19BF2O3/c1-6-18-12-7-9(10(16)8-11(12)17)15-19-13(2,3)14(4,5)20-15/h7-8H,6H2,1-5H3. The third kappa shape index (κ3) is 2.54. The van der Waals surface area contributed by atoms with Gasteiger partial charge in [-0.15, -0.1) is 0 Å². The van der Waals surface area contributed by atoms with Crippen LogP contribution in [0.15, 0.2) is 12.1 Å². The second kappa shape index (κ2) is 5.00. The Bertz CT molecular complexity index is 501. The van der Waals surface area contributed by atoms with Crippen LogP contribution in [0.25, 0.3) is 0 Å². The maximum absolute atomic E-state index is 14.0. The number of rotatable bonds is 3. The van der Waals surface area contributed by atoms with Gasteiger partial charge in [0.2, 0.25) is 0 Å². The smallest absolute Gasteiger partial charge is 0.491 e. The molecule has 1 aromatic rings. The molecule has 0 aromatic heterocycles. The van der Waals surface area contributed by atoms with Gasteiger partial charge in [-0.25, -0.2) is 8.78 Å². The van der Waals surface area contributed by atoms with Crippen molar-refractivity contribution in [1.29, 1.82) is 0 Å². The summed E-state index contributed by atoms with van der Waals surface area (Å²) in [7, 11) is -0.875. The highest BCUT2D eigenvalue weighted by atomic mass is 19.1. The fourth-order valence-corrected chi connectivity index (χ4v) is 1.96. The van der Waals surface area contributed by atoms with Crippen molar-refractivity contribution in [2.24, 2.45) is 0 Å². The van der Waals surface area contributed by atoms with E-state index >= 15 is 0 Å². The molecule has 0 atom stereocenters. The molecular formula is C14H19BF2O3. The molecule has 1 aliphatic rings. The van der Waals surface area contributed by atoms with E-state index in [2.05, 4.69) is 0 Å². The van der Waals surface area contributed by atoms with E-state index in [-0.39, 0.29) is 11.2 Å². The molecule has 1 saturated heterocycles. The topological polar surface area (TPSA) is 27.7 Å². The van der Waals surface area contributed by atoms with Gasteiger partial charge in [0.05, 0.1) is 17.8 Å². The summed E-state index contributed by atoms with van der Waals surface area (Å²) in [6, 6.07) is 2.10. The number of ether oxygens (including phenoxy) is 1. The third-order valence-electron chi connectivity index (χ3n) is 3.86. The van der Waals surface area contributed by atoms with Gasteiger partial charge in [-0.3, -0.25) is 0 Å². The van der Waals surface area contributed by atoms with Crippen LogP contribution in [0, 0.1) is 11.6 Å². The summed E-state index contributed by atoms with van der Waals surface area (Å²) in [4.78, 5) is 0. The maximum atomic E-state index is 14.0. The van der Waals surface area contributed by atoms with Gasteiger partial charge in [0.15, 0.2) is 11.6 Å². The zero-order chi connectivity index (χ0) is 15.1. The van der Waals surface area contributed by atoms with Crippen molar-refractivity contribution < 1.29 is 22.8 Å². The van der Waals surface area contributed by atoms with E-state index in [4.69, 9.17) is 14.0 Å². The molecule has 110 valence electrons. The van der Waals surface area contributed by atoms with Crippen LogP contribution in [-0.4, -0.2) is 24.9 Å². The Labute approximate surface area is 118 Å². The zero-order valence-corrected chi connectivity index (χ0v) is 12.4. The monoisotopic (exact) mass is 284 g/mol. The van der Waals surface area contributed by atoms with Crippen molar-refractivity contribution in [3.63, 3.8) is 0 Å². The van der Waals surface area contributed by atoms with Crippen molar-refractivity contribution in [2.45, 2.75) is 45.8 Å². The maximum Gasteiger partial charge on any atom is 0.497 e. The van der Waals surface area contributed by atoms with Gasteiger partial charge < -0.3 is 14.0 Å². The van der Waals surface area contributed by atoms with Crippen LogP contribution < -0.4 is 10.2 Å². The van der Waals surface area contributed by atoms with Crippen molar-refractivity contribution in [1.82, 2.24) is 0 Å². The molecule has 0 spiro atoms. The van der Waals surface area contributed by atoms with Crippen LogP contribution in [-0.2, 0) is 9.31 Å². The predicted octanol–water partition coefficient (Wildman–Crippen LogP) is 2.66. The summed E-state index contributed by atoms with van der Waals surface area (Å²) in [5, 5.41) is 0. The van der Waals surface area contributed by atoms with Gasteiger partial charge in [-0.2, -0.15) is 0 Å². The van der Waals surface area contributed by atoms with E-state index in [1.807, 2.05) is 27.7 Å². The SMILES string of the molecule is CCOc1cc(B2OC(C)(C)C(C)(C)O2)c(F)cc1F. The highest BCUT2D eigenvalue weighted by molar-refractivity contribution is 6.62. The largest absolute Gasteiger partial charge is 0.497 e. The molecule has 20 heavy (non-hydrogen) atoms. The lowest BCUT2D eigenvalue weighted by Gasteiger charge is -2.32. The molecule has 1 aromatic carbocycles. The number of hydrogen-bond donors (Lipinski definition) is 0. The normalized spacial score (nSPS) is 20.2. The van der Waals surface area contributed by atoms with Crippen LogP contribution >= 0.6 is 0 Å². The van der Waals surface area contributed by atoms with E-state index in [0.29, 0.717) is 6.61 Å². The molecule has 1 heterocycles.